The fourth-order valence-corrected chi connectivity index (χ4v) is 1.59. The van der Waals surface area contributed by atoms with Crippen LogP contribution in [0.5, 0.6) is 0 Å². The third-order valence-electron chi connectivity index (χ3n) is 2.48. The lowest BCUT2D eigenvalue weighted by Gasteiger charge is -2.08. The Balaban J connectivity index is 2.17. The van der Waals surface area contributed by atoms with E-state index in [1.165, 1.54) is 5.56 Å². The minimum Gasteiger partial charge on any atom is -0.456 e. The van der Waals surface area contributed by atoms with Gasteiger partial charge in [0.15, 0.2) is 0 Å². The van der Waals surface area contributed by atoms with Crippen LogP contribution < -0.4 is 5.73 Å². The Morgan fingerprint density at radius 1 is 1.36 bits per heavy atom. The van der Waals surface area contributed by atoms with Crippen molar-refractivity contribution in [2.75, 3.05) is 0 Å². The van der Waals surface area contributed by atoms with Crippen LogP contribution >= 0.6 is 0 Å². The van der Waals surface area contributed by atoms with E-state index in [0.29, 0.717) is 6.42 Å². The van der Waals surface area contributed by atoms with Gasteiger partial charge in [0, 0.05) is 6.42 Å². The number of benzene rings is 1. The van der Waals surface area contributed by atoms with Crippen molar-refractivity contribution >= 4 is 5.97 Å². The molecule has 1 aromatic rings. The number of carbonyl (C=O) groups excluding carboxylic acids is 1. The topological polar surface area (TPSA) is 52.3 Å². The van der Waals surface area contributed by atoms with Crippen LogP contribution in [0.1, 0.15) is 23.7 Å². The minimum atomic E-state index is -0.457. The first-order chi connectivity index (χ1) is 6.66. The van der Waals surface area contributed by atoms with Crippen LogP contribution in [0, 0.1) is 6.92 Å². The lowest BCUT2D eigenvalue weighted by molar-refractivity contribution is -0.142. The maximum atomic E-state index is 11.1. The Kier molecular flexibility index (Phi) is 2.25. The molecule has 74 valence electrons. The van der Waals surface area contributed by atoms with E-state index in [9.17, 15) is 4.79 Å². The summed E-state index contributed by atoms with van der Waals surface area (Å²) < 4.78 is 5.14. The van der Waals surface area contributed by atoms with Gasteiger partial charge in [0.1, 0.15) is 12.1 Å². The molecule has 0 radical (unpaired) electrons. The molecule has 2 rings (SSSR count). The second-order valence-electron chi connectivity index (χ2n) is 3.68. The Morgan fingerprint density at radius 2 is 2.00 bits per heavy atom. The van der Waals surface area contributed by atoms with Gasteiger partial charge in [-0.15, -0.1) is 0 Å². The number of aryl methyl sites for hydroxylation is 1. The fourth-order valence-electron chi connectivity index (χ4n) is 1.59. The minimum absolute atomic E-state index is 0.155. The van der Waals surface area contributed by atoms with Crippen molar-refractivity contribution in [1.82, 2.24) is 0 Å². The van der Waals surface area contributed by atoms with Crippen molar-refractivity contribution in [2.24, 2.45) is 5.73 Å². The van der Waals surface area contributed by atoms with Crippen LogP contribution in [0.3, 0.4) is 0 Å². The van der Waals surface area contributed by atoms with Gasteiger partial charge in [-0.1, -0.05) is 29.8 Å². The van der Waals surface area contributed by atoms with Gasteiger partial charge < -0.3 is 10.5 Å². The third-order valence-corrected chi connectivity index (χ3v) is 2.48. The van der Waals surface area contributed by atoms with Gasteiger partial charge in [0.2, 0.25) is 0 Å². The number of hydrogen-bond donors (Lipinski definition) is 1. The maximum Gasteiger partial charge on any atom is 0.323 e. The molecule has 1 heterocycles. The van der Waals surface area contributed by atoms with Crippen molar-refractivity contribution in [3.8, 4) is 0 Å². The van der Waals surface area contributed by atoms with E-state index in [0.717, 1.165) is 5.56 Å². The average Bonchev–Trinajstić information content (AvgIpc) is 2.48. The summed E-state index contributed by atoms with van der Waals surface area (Å²) >= 11 is 0. The lowest BCUT2D eigenvalue weighted by Crippen LogP contribution is -2.24. The average molecular weight is 191 g/mol. The molecule has 14 heavy (non-hydrogen) atoms. The highest BCUT2D eigenvalue weighted by Crippen LogP contribution is 2.28. The molecular formula is C11H13NO2. The first-order valence-corrected chi connectivity index (χ1v) is 4.69. The lowest BCUT2D eigenvalue weighted by atomic mass is 10.0. The Morgan fingerprint density at radius 3 is 2.50 bits per heavy atom. The zero-order chi connectivity index (χ0) is 10.1. The summed E-state index contributed by atoms with van der Waals surface area (Å²) in [5.74, 6) is -0.296. The molecule has 1 aromatic carbocycles. The van der Waals surface area contributed by atoms with Crippen LogP contribution in [-0.2, 0) is 9.53 Å². The van der Waals surface area contributed by atoms with Crippen LogP contribution in [0.2, 0.25) is 0 Å². The molecule has 0 amide bonds. The Labute approximate surface area is 82.9 Å². The summed E-state index contributed by atoms with van der Waals surface area (Å²) in [4.78, 5) is 11.1. The molecule has 1 saturated heterocycles. The predicted octanol–water partition coefficient (Wildman–Crippen LogP) is 1.31. The second-order valence-corrected chi connectivity index (χ2v) is 3.68. The van der Waals surface area contributed by atoms with Gasteiger partial charge in [-0.25, -0.2) is 0 Å². The standard InChI is InChI=1S/C11H13NO2/c1-7-2-4-8(5-3-7)10-6-9(12)11(13)14-10/h2-5,9-10H,6,12H2,1H3. The molecule has 2 unspecified atom stereocenters. The highest BCUT2D eigenvalue weighted by Gasteiger charge is 2.32. The molecule has 2 N–H and O–H groups in total. The first-order valence-electron chi connectivity index (χ1n) is 4.69. The highest BCUT2D eigenvalue weighted by molar-refractivity contribution is 5.77. The van der Waals surface area contributed by atoms with E-state index in [2.05, 4.69) is 0 Å². The van der Waals surface area contributed by atoms with E-state index in [-0.39, 0.29) is 12.1 Å². The molecule has 1 aliphatic rings. The monoisotopic (exact) mass is 191 g/mol. The molecule has 2 atom stereocenters. The van der Waals surface area contributed by atoms with Gasteiger partial charge in [-0.05, 0) is 12.5 Å². The number of esters is 1. The maximum absolute atomic E-state index is 11.1. The second kappa shape index (κ2) is 3.42. The number of nitrogens with two attached hydrogens (primary N) is 1. The third kappa shape index (κ3) is 1.63. The van der Waals surface area contributed by atoms with Crippen LogP contribution in [-0.4, -0.2) is 12.0 Å². The number of ether oxygens (including phenoxy) is 1. The predicted molar refractivity (Wildman–Crippen MR) is 52.6 cm³/mol. The number of carbonyl (C=O) groups is 1. The van der Waals surface area contributed by atoms with Crippen LogP contribution in [0.15, 0.2) is 24.3 Å². The quantitative estimate of drug-likeness (QED) is 0.681. The zero-order valence-corrected chi connectivity index (χ0v) is 8.07. The SMILES string of the molecule is Cc1ccc(C2CC(N)C(=O)O2)cc1. The Hall–Kier alpha value is -1.35. The molecule has 0 bridgehead atoms. The molecule has 3 nitrogen and oxygen atoms in total. The molecule has 0 saturated carbocycles. The van der Waals surface area contributed by atoms with Crippen molar-refractivity contribution in [2.45, 2.75) is 25.5 Å². The van der Waals surface area contributed by atoms with E-state index < -0.39 is 6.04 Å². The van der Waals surface area contributed by atoms with Gasteiger partial charge in [-0.3, -0.25) is 4.79 Å². The van der Waals surface area contributed by atoms with E-state index >= 15 is 0 Å². The fraction of sp³-hybridized carbons (Fsp3) is 0.364. The largest absolute Gasteiger partial charge is 0.456 e. The van der Waals surface area contributed by atoms with Crippen molar-refractivity contribution < 1.29 is 9.53 Å². The van der Waals surface area contributed by atoms with Gasteiger partial charge in [-0.2, -0.15) is 0 Å². The molecule has 0 spiro atoms. The molecule has 1 fully saturated rings. The molecule has 0 aromatic heterocycles. The van der Waals surface area contributed by atoms with Crippen molar-refractivity contribution in [3.05, 3.63) is 35.4 Å². The van der Waals surface area contributed by atoms with E-state index in [1.807, 2.05) is 31.2 Å². The summed E-state index contributed by atoms with van der Waals surface area (Å²) in [5.41, 5.74) is 7.78. The smallest absolute Gasteiger partial charge is 0.323 e. The van der Waals surface area contributed by atoms with Crippen molar-refractivity contribution in [1.29, 1.82) is 0 Å². The van der Waals surface area contributed by atoms with E-state index in [1.54, 1.807) is 0 Å². The summed E-state index contributed by atoms with van der Waals surface area (Å²) in [6, 6.07) is 7.51. The Bertz CT molecular complexity index is 345. The van der Waals surface area contributed by atoms with Crippen LogP contribution in [0.4, 0.5) is 0 Å². The van der Waals surface area contributed by atoms with E-state index in [4.69, 9.17) is 10.5 Å². The number of cyclic esters (lactones) is 1. The first kappa shape index (κ1) is 9.21. The molecule has 0 aliphatic carbocycles. The molecular weight excluding hydrogens is 178 g/mol. The van der Waals surface area contributed by atoms with Gasteiger partial charge >= 0.3 is 5.97 Å². The zero-order valence-electron chi connectivity index (χ0n) is 8.07. The van der Waals surface area contributed by atoms with Gasteiger partial charge in [0.25, 0.3) is 0 Å². The number of rotatable bonds is 1. The molecule has 1 aliphatic heterocycles. The van der Waals surface area contributed by atoms with Gasteiger partial charge in [0.05, 0.1) is 0 Å². The summed E-state index contributed by atoms with van der Waals surface area (Å²) in [6.07, 6.45) is 0.431. The summed E-state index contributed by atoms with van der Waals surface area (Å²) in [6.45, 7) is 2.02. The number of hydrogen-bond acceptors (Lipinski definition) is 3. The van der Waals surface area contributed by atoms with Crippen molar-refractivity contribution in [3.63, 3.8) is 0 Å². The summed E-state index contributed by atoms with van der Waals surface area (Å²) in [5, 5.41) is 0. The van der Waals surface area contributed by atoms with Crippen LogP contribution in [0.25, 0.3) is 0 Å². The summed E-state index contributed by atoms with van der Waals surface area (Å²) in [7, 11) is 0. The highest BCUT2D eigenvalue weighted by atomic mass is 16.6. The molecule has 3 heteroatoms. The normalized spacial score (nSPS) is 26.3.